The van der Waals surface area contributed by atoms with Crippen molar-refractivity contribution in [3.63, 3.8) is 0 Å². The van der Waals surface area contributed by atoms with Crippen LogP contribution in [0.2, 0.25) is 0 Å². The third-order valence-electron chi connectivity index (χ3n) is 3.01. The molecule has 0 aromatic heterocycles. The van der Waals surface area contributed by atoms with Gasteiger partial charge in [0.1, 0.15) is 11.5 Å². The van der Waals surface area contributed by atoms with Crippen LogP contribution in [0.3, 0.4) is 0 Å². The highest BCUT2D eigenvalue weighted by Crippen LogP contribution is 2.40. The summed E-state index contributed by atoms with van der Waals surface area (Å²) in [6.07, 6.45) is -1.03. The van der Waals surface area contributed by atoms with Crippen LogP contribution < -0.4 is 0 Å². The highest BCUT2D eigenvalue weighted by atomic mass is 16.7. The Bertz CT molecular complexity index is 328. The van der Waals surface area contributed by atoms with Gasteiger partial charge in [0.15, 0.2) is 5.78 Å². The molecule has 0 bridgehead atoms. The van der Waals surface area contributed by atoms with Crippen molar-refractivity contribution in [2.45, 2.75) is 45.2 Å². The second-order valence-electron chi connectivity index (χ2n) is 5.22. The summed E-state index contributed by atoms with van der Waals surface area (Å²) in [6.45, 7) is 6.78. The van der Waals surface area contributed by atoms with E-state index in [1.807, 2.05) is 0 Å². The van der Waals surface area contributed by atoms with Crippen molar-refractivity contribution < 1.29 is 23.8 Å². The topological polar surface area (TPSA) is 61.8 Å². The molecule has 5 nitrogen and oxygen atoms in total. The van der Waals surface area contributed by atoms with E-state index in [0.717, 1.165) is 0 Å². The van der Waals surface area contributed by atoms with E-state index < -0.39 is 29.2 Å². The van der Waals surface area contributed by atoms with Crippen molar-refractivity contribution in [1.82, 2.24) is 0 Å². The van der Waals surface area contributed by atoms with Gasteiger partial charge in [-0.1, -0.05) is 0 Å². The van der Waals surface area contributed by atoms with Crippen molar-refractivity contribution in [2.24, 2.45) is 5.92 Å². The molecule has 0 aromatic rings. The average Bonchev–Trinajstić information content (AvgIpc) is 2.33. The van der Waals surface area contributed by atoms with Gasteiger partial charge >= 0.3 is 0 Å². The maximum Gasteiger partial charge on any atom is 0.218 e. The Morgan fingerprint density at radius 1 is 1.24 bits per heavy atom. The number of hydrogen-bond donors (Lipinski definition) is 0. The Labute approximate surface area is 101 Å². The zero-order chi connectivity index (χ0) is 13.4. The van der Waals surface area contributed by atoms with Gasteiger partial charge in [0, 0.05) is 14.2 Å². The van der Waals surface area contributed by atoms with Crippen LogP contribution in [0.15, 0.2) is 0 Å². The fourth-order valence-electron chi connectivity index (χ4n) is 2.37. The van der Waals surface area contributed by atoms with Crippen LogP contribution in [0, 0.1) is 5.92 Å². The van der Waals surface area contributed by atoms with E-state index in [1.54, 1.807) is 27.7 Å². The second-order valence-corrected chi connectivity index (χ2v) is 5.22. The molecule has 0 spiro atoms. The van der Waals surface area contributed by atoms with Gasteiger partial charge in [-0.2, -0.15) is 0 Å². The van der Waals surface area contributed by atoms with Crippen LogP contribution in [-0.4, -0.2) is 43.3 Å². The van der Waals surface area contributed by atoms with Gasteiger partial charge in [0.25, 0.3) is 0 Å². The molecule has 1 aliphatic heterocycles. The lowest BCUT2D eigenvalue weighted by molar-refractivity contribution is -0.166. The average molecular weight is 244 g/mol. The molecule has 0 saturated carbocycles. The fourth-order valence-corrected chi connectivity index (χ4v) is 2.37. The molecule has 5 heteroatoms. The lowest BCUT2D eigenvalue weighted by Crippen LogP contribution is -2.43. The van der Waals surface area contributed by atoms with Crippen LogP contribution >= 0.6 is 0 Å². The minimum Gasteiger partial charge on any atom is -0.361 e. The molecule has 1 rings (SSSR count). The Morgan fingerprint density at radius 2 is 1.71 bits per heavy atom. The first kappa shape index (κ1) is 14.3. The van der Waals surface area contributed by atoms with Gasteiger partial charge < -0.3 is 14.2 Å². The molecule has 1 heterocycles. The summed E-state index contributed by atoms with van der Waals surface area (Å²) in [5.41, 5.74) is -1.79. The minimum absolute atomic E-state index is 0.230. The molecular weight excluding hydrogens is 224 g/mol. The number of rotatable bonds is 4. The SMILES string of the molecule is COC(OC)C(=O)C1C(=O)C(C)(C)OC1(C)C. The van der Waals surface area contributed by atoms with Crippen LogP contribution in [-0.2, 0) is 23.8 Å². The molecule has 1 atom stereocenters. The predicted molar refractivity (Wildman–Crippen MR) is 60.6 cm³/mol. The van der Waals surface area contributed by atoms with Crippen molar-refractivity contribution in [3.8, 4) is 0 Å². The lowest BCUT2D eigenvalue weighted by Gasteiger charge is -2.26. The van der Waals surface area contributed by atoms with E-state index in [-0.39, 0.29) is 5.78 Å². The van der Waals surface area contributed by atoms with E-state index in [4.69, 9.17) is 14.2 Å². The number of ketones is 2. The highest BCUT2D eigenvalue weighted by Gasteiger charge is 2.57. The van der Waals surface area contributed by atoms with Crippen molar-refractivity contribution in [3.05, 3.63) is 0 Å². The van der Waals surface area contributed by atoms with Gasteiger partial charge in [0.05, 0.1) is 5.60 Å². The zero-order valence-electron chi connectivity index (χ0n) is 11.2. The summed E-state index contributed by atoms with van der Waals surface area (Å²) in [7, 11) is 2.73. The van der Waals surface area contributed by atoms with Crippen molar-refractivity contribution in [1.29, 1.82) is 0 Å². The predicted octanol–water partition coefficient (Wildman–Crippen LogP) is 0.947. The fraction of sp³-hybridized carbons (Fsp3) is 0.833. The quantitative estimate of drug-likeness (QED) is 0.544. The summed E-state index contributed by atoms with van der Waals surface area (Å²) in [5, 5.41) is 0. The molecule has 1 unspecified atom stereocenters. The molecule has 0 radical (unpaired) electrons. The van der Waals surface area contributed by atoms with E-state index in [1.165, 1.54) is 14.2 Å². The largest absolute Gasteiger partial charge is 0.361 e. The molecule has 0 aromatic carbocycles. The van der Waals surface area contributed by atoms with Crippen LogP contribution in [0.4, 0.5) is 0 Å². The number of carbonyl (C=O) groups is 2. The number of carbonyl (C=O) groups excluding carboxylic acids is 2. The molecule has 0 amide bonds. The van der Waals surface area contributed by atoms with E-state index in [9.17, 15) is 9.59 Å². The Hall–Kier alpha value is -0.780. The first-order valence-corrected chi connectivity index (χ1v) is 5.51. The molecule has 1 fully saturated rings. The summed E-state index contributed by atoms with van der Waals surface area (Å²) in [4.78, 5) is 24.3. The number of Topliss-reactive ketones (excluding diaryl/α,β-unsaturated/α-hetero) is 2. The number of hydrogen-bond acceptors (Lipinski definition) is 5. The lowest BCUT2D eigenvalue weighted by atomic mass is 9.82. The Balaban J connectivity index is 3.04. The van der Waals surface area contributed by atoms with Crippen LogP contribution in [0.5, 0.6) is 0 Å². The summed E-state index contributed by atoms with van der Waals surface area (Å²) in [5.74, 6) is -1.48. The second kappa shape index (κ2) is 4.48. The maximum absolute atomic E-state index is 12.2. The number of ether oxygens (including phenoxy) is 3. The van der Waals surface area contributed by atoms with Gasteiger partial charge in [0.2, 0.25) is 12.1 Å². The molecular formula is C12H20O5. The number of methoxy groups -OCH3 is 2. The molecule has 1 aliphatic rings. The third-order valence-corrected chi connectivity index (χ3v) is 3.01. The third kappa shape index (κ3) is 2.41. The van der Waals surface area contributed by atoms with Crippen molar-refractivity contribution >= 4 is 11.6 Å². The van der Waals surface area contributed by atoms with E-state index in [0.29, 0.717) is 0 Å². The van der Waals surface area contributed by atoms with Gasteiger partial charge in [-0.15, -0.1) is 0 Å². The van der Waals surface area contributed by atoms with Crippen molar-refractivity contribution in [2.75, 3.05) is 14.2 Å². The maximum atomic E-state index is 12.2. The molecule has 17 heavy (non-hydrogen) atoms. The molecule has 0 N–H and O–H groups in total. The van der Waals surface area contributed by atoms with Gasteiger partial charge in [-0.05, 0) is 27.7 Å². The highest BCUT2D eigenvalue weighted by molar-refractivity contribution is 6.09. The minimum atomic E-state index is -1.03. The van der Waals surface area contributed by atoms with Gasteiger partial charge in [-0.3, -0.25) is 9.59 Å². The van der Waals surface area contributed by atoms with Crippen LogP contribution in [0.1, 0.15) is 27.7 Å². The summed E-state index contributed by atoms with van der Waals surface area (Å²) < 4.78 is 15.4. The van der Waals surface area contributed by atoms with E-state index >= 15 is 0 Å². The van der Waals surface area contributed by atoms with E-state index in [2.05, 4.69) is 0 Å². The first-order valence-electron chi connectivity index (χ1n) is 5.51. The Kier molecular flexibility index (Phi) is 3.76. The normalized spacial score (nSPS) is 26.5. The monoisotopic (exact) mass is 244 g/mol. The molecule has 98 valence electrons. The van der Waals surface area contributed by atoms with Gasteiger partial charge in [-0.25, -0.2) is 0 Å². The standard InChI is InChI=1S/C12H20O5/c1-11(2)7(8(13)10(15-5)16-6)9(14)12(3,4)17-11/h7,10H,1-6H3. The zero-order valence-corrected chi connectivity index (χ0v) is 11.2. The smallest absolute Gasteiger partial charge is 0.218 e. The Morgan fingerprint density at radius 3 is 2.00 bits per heavy atom. The summed E-state index contributed by atoms with van der Waals surface area (Å²) >= 11 is 0. The first-order chi connectivity index (χ1) is 7.67. The summed E-state index contributed by atoms with van der Waals surface area (Å²) in [6, 6.07) is 0. The van der Waals surface area contributed by atoms with Crippen LogP contribution in [0.25, 0.3) is 0 Å². The molecule has 1 saturated heterocycles. The molecule has 0 aliphatic carbocycles.